The standard InChI is InChI=1S/C17H14F2O8S2/c18-13-5-1-11(2-6-13)15-17(9-24-28(20,21)26-15)10-25-29(22,23)27-16(17)12-3-7-14(19)8-4-12/h1-8,15-16H,9-10H2. The van der Waals surface area contributed by atoms with Crippen LogP contribution in [0.15, 0.2) is 48.5 Å². The zero-order chi connectivity index (χ0) is 20.9. The third kappa shape index (κ3) is 3.91. The average molecular weight is 448 g/mol. The lowest BCUT2D eigenvalue weighted by Crippen LogP contribution is -2.53. The van der Waals surface area contributed by atoms with Gasteiger partial charge in [-0.15, -0.1) is 0 Å². The zero-order valence-electron chi connectivity index (χ0n) is 14.5. The topological polar surface area (TPSA) is 105 Å². The van der Waals surface area contributed by atoms with Gasteiger partial charge in [0.15, 0.2) is 0 Å². The molecular weight excluding hydrogens is 434 g/mol. The Balaban J connectivity index is 1.87. The highest BCUT2D eigenvalue weighted by atomic mass is 32.3. The van der Waals surface area contributed by atoms with Crippen molar-refractivity contribution in [2.24, 2.45) is 5.41 Å². The summed E-state index contributed by atoms with van der Waals surface area (Å²) >= 11 is 0. The van der Waals surface area contributed by atoms with E-state index in [0.29, 0.717) is 0 Å². The molecule has 0 amide bonds. The molecule has 0 bridgehead atoms. The van der Waals surface area contributed by atoms with Gasteiger partial charge in [-0.25, -0.2) is 25.5 Å². The average Bonchev–Trinajstić information content (AvgIpc) is 2.66. The van der Waals surface area contributed by atoms with Crippen LogP contribution in [0, 0.1) is 17.0 Å². The summed E-state index contributed by atoms with van der Waals surface area (Å²) in [5.41, 5.74) is -1.03. The van der Waals surface area contributed by atoms with Crippen molar-refractivity contribution in [3.8, 4) is 0 Å². The molecule has 2 aromatic rings. The van der Waals surface area contributed by atoms with E-state index in [1.807, 2.05) is 0 Å². The van der Waals surface area contributed by atoms with Crippen molar-refractivity contribution < 1.29 is 42.3 Å². The molecule has 0 radical (unpaired) electrons. The molecule has 0 aromatic heterocycles. The largest absolute Gasteiger partial charge is 0.400 e. The van der Waals surface area contributed by atoms with Crippen molar-refractivity contribution in [2.45, 2.75) is 12.2 Å². The quantitative estimate of drug-likeness (QED) is 0.689. The Morgan fingerprint density at radius 3 is 1.38 bits per heavy atom. The van der Waals surface area contributed by atoms with Gasteiger partial charge in [0.2, 0.25) is 0 Å². The molecule has 2 heterocycles. The summed E-state index contributed by atoms with van der Waals surface area (Å²) in [7, 11) is -8.84. The summed E-state index contributed by atoms with van der Waals surface area (Å²) in [5, 5.41) is 0. The molecule has 1 spiro atoms. The van der Waals surface area contributed by atoms with Gasteiger partial charge in [0.25, 0.3) is 0 Å². The van der Waals surface area contributed by atoms with Crippen LogP contribution in [0.2, 0.25) is 0 Å². The Morgan fingerprint density at radius 2 is 1.03 bits per heavy atom. The monoisotopic (exact) mass is 448 g/mol. The highest BCUT2D eigenvalue weighted by Crippen LogP contribution is 2.54. The normalized spacial score (nSPS) is 30.8. The molecule has 2 fully saturated rings. The maximum Gasteiger partial charge on any atom is 0.400 e. The Morgan fingerprint density at radius 1 is 0.690 bits per heavy atom. The van der Waals surface area contributed by atoms with Gasteiger partial charge in [0.1, 0.15) is 23.8 Å². The highest BCUT2D eigenvalue weighted by Gasteiger charge is 2.59. The number of rotatable bonds is 2. The van der Waals surface area contributed by atoms with Gasteiger partial charge in [-0.3, -0.25) is 0 Å². The lowest BCUT2D eigenvalue weighted by Gasteiger charge is -2.48. The van der Waals surface area contributed by atoms with E-state index in [-0.39, 0.29) is 11.1 Å². The first-order chi connectivity index (χ1) is 13.6. The molecule has 2 aliphatic heterocycles. The van der Waals surface area contributed by atoms with Gasteiger partial charge in [0.05, 0.1) is 18.6 Å². The second kappa shape index (κ2) is 7.07. The van der Waals surface area contributed by atoms with Crippen molar-refractivity contribution in [1.29, 1.82) is 0 Å². The second-order valence-electron chi connectivity index (χ2n) is 6.63. The van der Waals surface area contributed by atoms with E-state index in [4.69, 9.17) is 16.7 Å². The van der Waals surface area contributed by atoms with E-state index in [1.54, 1.807) is 0 Å². The van der Waals surface area contributed by atoms with E-state index >= 15 is 0 Å². The minimum Gasteiger partial charge on any atom is -0.247 e. The molecule has 4 rings (SSSR count). The fourth-order valence-electron chi connectivity index (χ4n) is 3.38. The van der Waals surface area contributed by atoms with Crippen molar-refractivity contribution in [3.63, 3.8) is 0 Å². The predicted molar refractivity (Wildman–Crippen MR) is 92.6 cm³/mol. The molecule has 0 saturated carbocycles. The summed E-state index contributed by atoms with van der Waals surface area (Å²) in [5.74, 6) is -1.13. The lowest BCUT2D eigenvalue weighted by atomic mass is 9.73. The molecule has 2 atom stereocenters. The van der Waals surface area contributed by atoms with Crippen LogP contribution in [-0.4, -0.2) is 30.0 Å². The summed E-state index contributed by atoms with van der Waals surface area (Å²) in [4.78, 5) is 0. The van der Waals surface area contributed by atoms with E-state index < -0.39 is 63.3 Å². The Hall–Kier alpha value is -1.96. The SMILES string of the molecule is O=S1(=O)OCC2(COS(=O)(=O)OC2c2ccc(F)cc2)C(c2ccc(F)cc2)O1. The van der Waals surface area contributed by atoms with Gasteiger partial charge < -0.3 is 0 Å². The van der Waals surface area contributed by atoms with E-state index in [9.17, 15) is 25.6 Å². The van der Waals surface area contributed by atoms with Crippen LogP contribution in [0.3, 0.4) is 0 Å². The van der Waals surface area contributed by atoms with E-state index in [1.165, 1.54) is 24.3 Å². The van der Waals surface area contributed by atoms with Crippen LogP contribution >= 0.6 is 0 Å². The third-order valence-corrected chi connectivity index (χ3v) is 6.43. The van der Waals surface area contributed by atoms with Gasteiger partial charge >= 0.3 is 20.8 Å². The summed E-state index contributed by atoms with van der Waals surface area (Å²) in [6.07, 6.45) is -2.65. The molecule has 8 nitrogen and oxygen atoms in total. The molecule has 156 valence electrons. The molecule has 2 aromatic carbocycles. The summed E-state index contributed by atoms with van der Waals surface area (Å²) in [6.45, 7) is -1.09. The van der Waals surface area contributed by atoms with E-state index in [0.717, 1.165) is 24.3 Å². The van der Waals surface area contributed by atoms with Crippen LogP contribution < -0.4 is 0 Å². The maximum absolute atomic E-state index is 13.4. The van der Waals surface area contributed by atoms with Gasteiger partial charge in [-0.2, -0.15) is 16.8 Å². The van der Waals surface area contributed by atoms with Crippen molar-refractivity contribution in [2.75, 3.05) is 13.2 Å². The van der Waals surface area contributed by atoms with Crippen LogP contribution in [0.1, 0.15) is 23.3 Å². The molecule has 0 N–H and O–H groups in total. The summed E-state index contributed by atoms with van der Waals surface area (Å²) < 4.78 is 94.6. The predicted octanol–water partition coefficient (Wildman–Crippen LogP) is 2.32. The van der Waals surface area contributed by atoms with Crippen molar-refractivity contribution in [1.82, 2.24) is 0 Å². The molecule has 0 aliphatic carbocycles. The molecule has 2 aliphatic rings. The second-order valence-corrected chi connectivity index (χ2v) is 9.12. The molecule has 2 saturated heterocycles. The molecular formula is C17H14F2O8S2. The van der Waals surface area contributed by atoms with E-state index in [2.05, 4.69) is 0 Å². The minimum atomic E-state index is -4.42. The Kier molecular flexibility index (Phi) is 4.96. The fourth-order valence-corrected chi connectivity index (χ4v) is 5.29. The van der Waals surface area contributed by atoms with Crippen molar-refractivity contribution in [3.05, 3.63) is 71.3 Å². The first-order valence-corrected chi connectivity index (χ1v) is 10.9. The lowest BCUT2D eigenvalue weighted by molar-refractivity contribution is -0.147. The Labute approximate surface area is 165 Å². The molecule has 12 heteroatoms. The highest BCUT2D eigenvalue weighted by molar-refractivity contribution is 7.82. The first-order valence-electron chi connectivity index (χ1n) is 8.26. The number of benzene rings is 2. The minimum absolute atomic E-state index is 0.233. The van der Waals surface area contributed by atoms with Gasteiger partial charge in [-0.05, 0) is 35.4 Å². The first kappa shape index (κ1) is 20.3. The van der Waals surface area contributed by atoms with Crippen LogP contribution in [-0.2, 0) is 37.5 Å². The van der Waals surface area contributed by atoms with Crippen LogP contribution in [0.25, 0.3) is 0 Å². The molecule has 29 heavy (non-hydrogen) atoms. The van der Waals surface area contributed by atoms with Gasteiger partial charge in [0, 0.05) is 0 Å². The van der Waals surface area contributed by atoms with Crippen LogP contribution in [0.4, 0.5) is 8.78 Å². The molecule has 2 unspecified atom stereocenters. The smallest absolute Gasteiger partial charge is 0.247 e. The third-order valence-electron chi connectivity index (χ3n) is 4.76. The number of hydrogen-bond donors (Lipinski definition) is 0. The number of halogens is 2. The number of hydrogen-bond acceptors (Lipinski definition) is 8. The fraction of sp³-hybridized carbons (Fsp3) is 0.294. The Bertz CT molecular complexity index is 1020. The maximum atomic E-state index is 13.4. The van der Waals surface area contributed by atoms with Gasteiger partial charge in [-0.1, -0.05) is 24.3 Å². The van der Waals surface area contributed by atoms with Crippen molar-refractivity contribution >= 4 is 20.8 Å². The van der Waals surface area contributed by atoms with Crippen LogP contribution in [0.5, 0.6) is 0 Å². The zero-order valence-corrected chi connectivity index (χ0v) is 16.2. The summed E-state index contributed by atoms with van der Waals surface area (Å²) in [6, 6.07) is 9.60.